The van der Waals surface area contributed by atoms with Gasteiger partial charge in [0.2, 0.25) is 0 Å². The third kappa shape index (κ3) is 4.07. The zero-order valence-corrected chi connectivity index (χ0v) is 17.5. The minimum absolute atomic E-state index is 0.131. The van der Waals surface area contributed by atoms with Crippen LogP contribution in [0.5, 0.6) is 0 Å². The van der Waals surface area contributed by atoms with Gasteiger partial charge in [-0.3, -0.25) is 15.0 Å². The molecule has 1 fully saturated rings. The first kappa shape index (κ1) is 23.3. The molecule has 0 saturated carbocycles. The van der Waals surface area contributed by atoms with Gasteiger partial charge in [-0.15, -0.1) is 0 Å². The molecule has 0 unspecified atom stereocenters. The van der Waals surface area contributed by atoms with Crippen molar-refractivity contribution >= 4 is 28.7 Å². The van der Waals surface area contributed by atoms with E-state index >= 15 is 0 Å². The molecule has 1 aromatic rings. The SMILES string of the molecule is CC(C)(C)N(C(=O)O)C1=N[C@@]2(c3cc([N+](=O)[O-])ccc3F)CO[C@H](C(F)(F)F)[C@H]2CS1. The van der Waals surface area contributed by atoms with Crippen molar-refractivity contribution in [3.63, 3.8) is 0 Å². The maximum absolute atomic E-state index is 14.8. The second-order valence-electron chi connectivity index (χ2n) is 8.22. The number of non-ortho nitro benzene ring substituents is 1. The Morgan fingerprint density at radius 2 is 2.03 bits per heavy atom. The lowest BCUT2D eigenvalue weighted by Crippen LogP contribution is -2.52. The number of alkyl halides is 3. The number of hydrogen-bond donors (Lipinski definition) is 1. The summed E-state index contributed by atoms with van der Waals surface area (Å²) in [6.45, 7) is 4.00. The first-order valence-electron chi connectivity index (χ1n) is 9.07. The number of carboxylic acid groups (broad SMARTS) is 1. The molecule has 170 valence electrons. The Balaban J connectivity index is 2.25. The van der Waals surface area contributed by atoms with Crippen LogP contribution in [0, 0.1) is 21.8 Å². The van der Waals surface area contributed by atoms with Gasteiger partial charge in [0.1, 0.15) is 11.4 Å². The number of ether oxygens (including phenoxy) is 1. The summed E-state index contributed by atoms with van der Waals surface area (Å²) in [5.41, 5.74) is -3.94. The second kappa shape index (κ2) is 7.62. The number of carbonyl (C=O) groups is 1. The first-order valence-corrected chi connectivity index (χ1v) is 10.1. The normalized spacial score (nSPS) is 26.2. The van der Waals surface area contributed by atoms with Crippen LogP contribution in [0.3, 0.4) is 0 Å². The van der Waals surface area contributed by atoms with Crippen molar-refractivity contribution in [1.29, 1.82) is 0 Å². The van der Waals surface area contributed by atoms with Gasteiger partial charge in [-0.2, -0.15) is 13.2 Å². The number of rotatable bonds is 2. The van der Waals surface area contributed by atoms with Crippen molar-refractivity contribution in [2.75, 3.05) is 12.4 Å². The molecule has 0 spiro atoms. The average Bonchev–Trinajstić information content (AvgIpc) is 3.00. The molecule has 0 bridgehead atoms. The van der Waals surface area contributed by atoms with Crippen molar-refractivity contribution < 1.29 is 37.1 Å². The molecule has 2 aliphatic rings. The van der Waals surface area contributed by atoms with Gasteiger partial charge in [-0.25, -0.2) is 14.2 Å². The fraction of sp³-hybridized carbons (Fsp3) is 0.556. The molecule has 13 heteroatoms. The molecule has 3 rings (SSSR count). The van der Waals surface area contributed by atoms with Gasteiger partial charge in [0.25, 0.3) is 5.69 Å². The van der Waals surface area contributed by atoms with Gasteiger partial charge in [-0.1, -0.05) is 11.8 Å². The Labute approximate surface area is 178 Å². The van der Waals surface area contributed by atoms with Gasteiger partial charge in [-0.05, 0) is 26.8 Å². The Morgan fingerprint density at radius 1 is 1.39 bits per heavy atom. The second-order valence-corrected chi connectivity index (χ2v) is 9.21. The van der Waals surface area contributed by atoms with E-state index in [-0.39, 0.29) is 10.9 Å². The summed E-state index contributed by atoms with van der Waals surface area (Å²) in [7, 11) is 0. The van der Waals surface area contributed by atoms with E-state index in [2.05, 4.69) is 4.99 Å². The number of hydrogen-bond acceptors (Lipinski definition) is 6. The predicted octanol–water partition coefficient (Wildman–Crippen LogP) is 4.39. The zero-order chi connectivity index (χ0) is 23.4. The summed E-state index contributed by atoms with van der Waals surface area (Å²) >= 11 is 0.791. The number of nitro benzene ring substituents is 1. The lowest BCUT2D eigenvalue weighted by atomic mass is 9.78. The molecule has 0 radical (unpaired) electrons. The van der Waals surface area contributed by atoms with Gasteiger partial charge in [0, 0.05) is 34.9 Å². The molecule has 3 atom stereocenters. The maximum atomic E-state index is 14.8. The van der Waals surface area contributed by atoms with Crippen LogP contribution in [0.1, 0.15) is 26.3 Å². The van der Waals surface area contributed by atoms with E-state index < -0.39 is 64.0 Å². The van der Waals surface area contributed by atoms with Crippen molar-refractivity contribution in [2.45, 2.75) is 44.1 Å². The summed E-state index contributed by atoms with van der Waals surface area (Å²) in [5.74, 6) is -2.67. The van der Waals surface area contributed by atoms with Crippen LogP contribution in [0.25, 0.3) is 0 Å². The summed E-state index contributed by atoms with van der Waals surface area (Å²) in [6.07, 6.45) is -8.46. The number of nitro groups is 1. The van der Waals surface area contributed by atoms with Crippen LogP contribution >= 0.6 is 11.8 Å². The van der Waals surface area contributed by atoms with Gasteiger partial charge >= 0.3 is 12.3 Å². The fourth-order valence-electron chi connectivity index (χ4n) is 3.79. The highest BCUT2D eigenvalue weighted by Crippen LogP contribution is 2.53. The number of aliphatic imine (C=N–C) groups is 1. The van der Waals surface area contributed by atoms with E-state index in [1.807, 2.05) is 0 Å². The topological polar surface area (TPSA) is 105 Å². The minimum Gasteiger partial charge on any atom is -0.465 e. The van der Waals surface area contributed by atoms with Crippen LogP contribution in [0.2, 0.25) is 0 Å². The van der Waals surface area contributed by atoms with Crippen LogP contribution in [-0.4, -0.2) is 56.4 Å². The van der Waals surface area contributed by atoms with Gasteiger partial charge < -0.3 is 9.84 Å². The van der Waals surface area contributed by atoms with E-state index in [4.69, 9.17) is 4.74 Å². The Kier molecular flexibility index (Phi) is 5.72. The number of amides is 1. The van der Waals surface area contributed by atoms with Crippen molar-refractivity contribution in [3.05, 3.63) is 39.7 Å². The number of amidine groups is 1. The highest BCUT2D eigenvalue weighted by molar-refractivity contribution is 8.13. The van der Waals surface area contributed by atoms with E-state index in [0.717, 1.165) is 34.9 Å². The Morgan fingerprint density at radius 3 is 2.55 bits per heavy atom. The zero-order valence-electron chi connectivity index (χ0n) is 16.6. The van der Waals surface area contributed by atoms with Crippen molar-refractivity contribution in [1.82, 2.24) is 4.90 Å². The Hall–Kier alpha value is -2.41. The highest BCUT2D eigenvalue weighted by atomic mass is 32.2. The molecule has 0 aromatic heterocycles. The molecule has 1 amide bonds. The summed E-state index contributed by atoms with van der Waals surface area (Å²) < 4.78 is 60.7. The Bertz CT molecular complexity index is 949. The standard InChI is InChI=1S/C18H19F4N3O5S/c1-16(2,3)24(15(26)27)14-23-17(10-6-9(25(28)29)4-5-12(10)19)8-30-13(18(20,21)22)11(17)7-31-14/h4-6,11,13H,7-8H2,1-3H3,(H,26,27)/t11-,13+,17-/m1/s1. The summed E-state index contributed by atoms with van der Waals surface area (Å²) in [6, 6.07) is 2.52. The van der Waals surface area contributed by atoms with Crippen LogP contribution in [0.15, 0.2) is 23.2 Å². The van der Waals surface area contributed by atoms with E-state index in [9.17, 15) is 37.6 Å². The lowest BCUT2D eigenvalue weighted by Gasteiger charge is -2.41. The fourth-order valence-corrected chi connectivity index (χ4v) is 5.27. The number of nitrogens with zero attached hydrogens (tertiary/aromatic N) is 3. The largest absolute Gasteiger partial charge is 0.465 e. The van der Waals surface area contributed by atoms with Gasteiger partial charge in [0.15, 0.2) is 11.3 Å². The summed E-state index contributed by atoms with van der Waals surface area (Å²) in [4.78, 5) is 27.4. The molecule has 1 N–H and O–H groups in total. The lowest BCUT2D eigenvalue weighted by molar-refractivity contribution is -0.385. The molecule has 1 aromatic carbocycles. The first-order chi connectivity index (χ1) is 14.2. The number of fused-ring (bicyclic) bond motifs is 1. The molecule has 2 heterocycles. The number of halogens is 4. The third-order valence-corrected chi connectivity index (χ3v) is 6.21. The predicted molar refractivity (Wildman–Crippen MR) is 104 cm³/mol. The average molecular weight is 465 g/mol. The van der Waals surface area contributed by atoms with Crippen LogP contribution in [-0.2, 0) is 10.3 Å². The number of thioether (sulfide) groups is 1. The molecule has 1 saturated heterocycles. The smallest absolute Gasteiger partial charge is 0.415 e. The third-order valence-electron chi connectivity index (χ3n) is 5.15. The summed E-state index contributed by atoms with van der Waals surface area (Å²) in [5, 5.41) is 20.7. The minimum atomic E-state index is -4.78. The molecule has 0 aliphatic carbocycles. The molecule has 8 nitrogen and oxygen atoms in total. The quantitative estimate of drug-likeness (QED) is 0.395. The number of benzene rings is 1. The van der Waals surface area contributed by atoms with Crippen molar-refractivity contribution in [2.24, 2.45) is 10.9 Å². The van der Waals surface area contributed by atoms with Crippen LogP contribution in [0.4, 0.5) is 28.0 Å². The molecular formula is C18H19F4N3O5S. The van der Waals surface area contributed by atoms with E-state index in [1.54, 1.807) is 20.8 Å². The van der Waals surface area contributed by atoms with Crippen molar-refractivity contribution in [3.8, 4) is 0 Å². The van der Waals surface area contributed by atoms with E-state index in [0.29, 0.717) is 0 Å². The van der Waals surface area contributed by atoms with Crippen LogP contribution < -0.4 is 0 Å². The molecule has 2 aliphatic heterocycles. The monoisotopic (exact) mass is 465 g/mol. The van der Waals surface area contributed by atoms with E-state index in [1.165, 1.54) is 0 Å². The maximum Gasteiger partial charge on any atom is 0.415 e. The highest BCUT2D eigenvalue weighted by Gasteiger charge is 2.62. The molecule has 31 heavy (non-hydrogen) atoms. The molecular weight excluding hydrogens is 446 g/mol. The van der Waals surface area contributed by atoms with Gasteiger partial charge in [0.05, 0.1) is 11.5 Å².